The summed E-state index contributed by atoms with van der Waals surface area (Å²) in [4.78, 5) is 30.4. The molecule has 3 rings (SSSR count). The van der Waals surface area contributed by atoms with Gasteiger partial charge in [-0.1, -0.05) is 18.2 Å². The zero-order chi connectivity index (χ0) is 16.4. The molecule has 23 heavy (non-hydrogen) atoms. The number of hydrogen-bond donors (Lipinski definition) is 0. The lowest BCUT2D eigenvalue weighted by Crippen LogP contribution is -2.43. The van der Waals surface area contributed by atoms with E-state index in [0.717, 1.165) is 17.7 Å². The highest BCUT2D eigenvalue weighted by Gasteiger charge is 2.34. The number of rotatable bonds is 3. The van der Waals surface area contributed by atoms with Crippen LogP contribution in [0.2, 0.25) is 0 Å². The third kappa shape index (κ3) is 2.95. The lowest BCUT2D eigenvalue weighted by atomic mass is 10.1. The van der Waals surface area contributed by atoms with Crippen molar-refractivity contribution in [2.45, 2.75) is 32.4 Å². The second-order valence-electron chi connectivity index (χ2n) is 5.67. The summed E-state index contributed by atoms with van der Waals surface area (Å²) in [6.45, 7) is 3.60. The van der Waals surface area contributed by atoms with Crippen LogP contribution in [-0.4, -0.2) is 29.0 Å². The van der Waals surface area contributed by atoms with Crippen LogP contribution in [0.1, 0.15) is 29.8 Å². The Balaban J connectivity index is 1.74. The third-order valence-corrected chi connectivity index (χ3v) is 3.99. The first-order chi connectivity index (χ1) is 11.1. The van der Waals surface area contributed by atoms with Crippen molar-refractivity contribution in [1.29, 1.82) is 0 Å². The maximum atomic E-state index is 12.7. The molecular formula is C18H18N2O3. The average molecular weight is 310 g/mol. The summed E-state index contributed by atoms with van der Waals surface area (Å²) in [5.41, 5.74) is 2.42. The number of ether oxygens (including phenoxy) is 1. The van der Waals surface area contributed by atoms with E-state index in [4.69, 9.17) is 4.74 Å². The van der Waals surface area contributed by atoms with Crippen molar-refractivity contribution in [3.8, 4) is 0 Å². The van der Waals surface area contributed by atoms with Gasteiger partial charge in [0.1, 0.15) is 0 Å². The Kier molecular flexibility index (Phi) is 4.10. The minimum Gasteiger partial charge on any atom is -0.449 e. The van der Waals surface area contributed by atoms with Gasteiger partial charge in [0.25, 0.3) is 5.91 Å². The fraction of sp³-hybridized carbons (Fsp3) is 0.278. The van der Waals surface area contributed by atoms with Crippen molar-refractivity contribution >= 4 is 17.6 Å². The second kappa shape index (κ2) is 6.20. The molecule has 0 unspecified atom stereocenters. The van der Waals surface area contributed by atoms with Gasteiger partial charge in [-0.3, -0.25) is 9.78 Å². The summed E-state index contributed by atoms with van der Waals surface area (Å²) < 4.78 is 5.32. The lowest BCUT2D eigenvalue weighted by Gasteiger charge is -2.25. The van der Waals surface area contributed by atoms with E-state index in [2.05, 4.69) is 4.98 Å². The predicted molar refractivity (Wildman–Crippen MR) is 86.2 cm³/mol. The monoisotopic (exact) mass is 310 g/mol. The Morgan fingerprint density at radius 2 is 1.91 bits per heavy atom. The van der Waals surface area contributed by atoms with Crippen molar-refractivity contribution in [3.63, 3.8) is 0 Å². The third-order valence-electron chi connectivity index (χ3n) is 3.99. The molecular weight excluding hydrogens is 292 g/mol. The summed E-state index contributed by atoms with van der Waals surface area (Å²) in [6, 6.07) is 11.0. The number of pyridine rings is 1. The van der Waals surface area contributed by atoms with Crippen LogP contribution in [0.15, 0.2) is 48.8 Å². The van der Waals surface area contributed by atoms with Crippen molar-refractivity contribution < 1.29 is 14.3 Å². The molecule has 0 saturated heterocycles. The number of anilines is 1. The summed E-state index contributed by atoms with van der Waals surface area (Å²) in [7, 11) is 0. The summed E-state index contributed by atoms with van der Waals surface area (Å²) in [5.74, 6) is -0.724. The fourth-order valence-electron chi connectivity index (χ4n) is 2.86. The normalized spacial score (nSPS) is 17.5. The van der Waals surface area contributed by atoms with Crippen LogP contribution in [0.25, 0.3) is 0 Å². The maximum Gasteiger partial charge on any atom is 0.339 e. The van der Waals surface area contributed by atoms with Crippen molar-refractivity contribution in [2.24, 2.45) is 0 Å². The van der Waals surface area contributed by atoms with E-state index in [1.807, 2.05) is 31.2 Å². The van der Waals surface area contributed by atoms with Gasteiger partial charge in [0.15, 0.2) is 6.10 Å². The molecule has 2 aromatic rings. The highest BCUT2D eigenvalue weighted by atomic mass is 16.5. The molecule has 1 aromatic heterocycles. The lowest BCUT2D eigenvalue weighted by molar-refractivity contribution is -0.126. The molecule has 1 aromatic carbocycles. The number of aromatic nitrogens is 1. The van der Waals surface area contributed by atoms with E-state index in [0.29, 0.717) is 5.56 Å². The highest BCUT2D eigenvalue weighted by molar-refractivity contribution is 6.00. The number of carbonyl (C=O) groups excluding carboxylic acids is 2. The Labute approximate surface area is 134 Å². The van der Waals surface area contributed by atoms with Gasteiger partial charge in [0.2, 0.25) is 0 Å². The largest absolute Gasteiger partial charge is 0.449 e. The zero-order valence-corrected chi connectivity index (χ0v) is 13.1. The molecule has 5 heteroatoms. The molecule has 2 heterocycles. The molecule has 0 aliphatic carbocycles. The summed E-state index contributed by atoms with van der Waals surface area (Å²) >= 11 is 0. The van der Waals surface area contributed by atoms with Gasteiger partial charge in [-0.25, -0.2) is 4.79 Å². The first-order valence-electron chi connectivity index (χ1n) is 7.60. The fourth-order valence-corrected chi connectivity index (χ4v) is 2.86. The van der Waals surface area contributed by atoms with Gasteiger partial charge in [0, 0.05) is 24.1 Å². The SMILES string of the molecule is C[C@@H](OC(=O)c1ccncc1)C(=O)N1c2ccccc2C[C@@H]1C. The van der Waals surface area contributed by atoms with E-state index in [9.17, 15) is 9.59 Å². The smallest absolute Gasteiger partial charge is 0.339 e. The van der Waals surface area contributed by atoms with Gasteiger partial charge < -0.3 is 9.64 Å². The molecule has 0 fully saturated rings. The van der Waals surface area contributed by atoms with E-state index in [1.165, 1.54) is 12.4 Å². The first kappa shape index (κ1) is 15.2. The first-order valence-corrected chi connectivity index (χ1v) is 7.60. The molecule has 0 saturated carbocycles. The van der Waals surface area contributed by atoms with Crippen LogP contribution >= 0.6 is 0 Å². The number of benzene rings is 1. The van der Waals surface area contributed by atoms with E-state index < -0.39 is 12.1 Å². The molecule has 0 radical (unpaired) electrons. The van der Waals surface area contributed by atoms with Gasteiger partial charge >= 0.3 is 5.97 Å². The number of fused-ring (bicyclic) bond motifs is 1. The average Bonchev–Trinajstić information content (AvgIpc) is 2.90. The number of esters is 1. The van der Waals surface area contributed by atoms with Crippen LogP contribution in [-0.2, 0) is 16.0 Å². The number of nitrogens with zero attached hydrogens (tertiary/aromatic N) is 2. The van der Waals surface area contributed by atoms with Crippen molar-refractivity contribution in [2.75, 3.05) is 4.90 Å². The minimum absolute atomic E-state index is 0.0574. The molecule has 1 aliphatic heterocycles. The molecule has 5 nitrogen and oxygen atoms in total. The van der Waals surface area contributed by atoms with Gasteiger partial charge in [-0.2, -0.15) is 0 Å². The molecule has 2 atom stereocenters. The molecule has 118 valence electrons. The Morgan fingerprint density at radius 1 is 1.22 bits per heavy atom. The van der Waals surface area contributed by atoms with Gasteiger partial charge in [-0.15, -0.1) is 0 Å². The number of hydrogen-bond acceptors (Lipinski definition) is 4. The number of carbonyl (C=O) groups is 2. The van der Waals surface area contributed by atoms with Crippen molar-refractivity contribution in [3.05, 3.63) is 59.9 Å². The Bertz CT molecular complexity index is 730. The van der Waals surface area contributed by atoms with Crippen molar-refractivity contribution in [1.82, 2.24) is 4.98 Å². The topological polar surface area (TPSA) is 59.5 Å². The minimum atomic E-state index is -0.843. The summed E-state index contributed by atoms with van der Waals surface area (Å²) in [5, 5.41) is 0. The summed E-state index contributed by atoms with van der Waals surface area (Å²) in [6.07, 6.45) is 3.00. The Hall–Kier alpha value is -2.69. The van der Waals surface area contributed by atoms with Crippen LogP contribution in [0, 0.1) is 0 Å². The second-order valence-corrected chi connectivity index (χ2v) is 5.67. The quantitative estimate of drug-likeness (QED) is 0.818. The van der Waals surface area contributed by atoms with E-state index >= 15 is 0 Å². The highest BCUT2D eigenvalue weighted by Crippen LogP contribution is 2.32. The van der Waals surface area contributed by atoms with E-state index in [-0.39, 0.29) is 11.9 Å². The number of para-hydroxylation sites is 1. The van der Waals surface area contributed by atoms with Crippen LogP contribution in [0.3, 0.4) is 0 Å². The maximum absolute atomic E-state index is 12.7. The standard InChI is InChI=1S/C18H18N2O3/c1-12-11-15-5-3-4-6-16(15)20(12)17(21)13(2)23-18(22)14-7-9-19-10-8-14/h3-10,12-13H,11H2,1-2H3/t12-,13+/m0/s1. The zero-order valence-electron chi connectivity index (χ0n) is 13.1. The van der Waals surface area contributed by atoms with Crippen LogP contribution < -0.4 is 4.90 Å². The molecule has 1 aliphatic rings. The predicted octanol–water partition coefficient (Wildman–Crippen LogP) is 2.60. The van der Waals surface area contributed by atoms with Crippen LogP contribution in [0.5, 0.6) is 0 Å². The Morgan fingerprint density at radius 3 is 2.65 bits per heavy atom. The van der Waals surface area contributed by atoms with Crippen LogP contribution in [0.4, 0.5) is 5.69 Å². The van der Waals surface area contributed by atoms with E-state index in [1.54, 1.807) is 24.0 Å². The molecule has 0 spiro atoms. The molecule has 0 bridgehead atoms. The molecule has 1 amide bonds. The number of amides is 1. The molecule has 0 N–H and O–H groups in total. The van der Waals surface area contributed by atoms with Gasteiger partial charge in [-0.05, 0) is 44.0 Å². The van der Waals surface area contributed by atoms with Gasteiger partial charge in [0.05, 0.1) is 5.56 Å².